The highest BCUT2D eigenvalue weighted by molar-refractivity contribution is 7.81. The topological polar surface area (TPSA) is 243 Å². The SMILES string of the molecule is CC(=O)O.N.N.N.NC(=O)O.O=C(O)CS. The number of carbonyl (C=O) groups is 3. The lowest BCUT2D eigenvalue weighted by atomic mass is 10.8. The van der Waals surface area contributed by atoms with Crippen molar-refractivity contribution in [3.05, 3.63) is 0 Å². The lowest BCUT2D eigenvalue weighted by Gasteiger charge is -1.71. The third-order valence-corrected chi connectivity index (χ3v) is 0.406. The summed E-state index contributed by atoms with van der Waals surface area (Å²) in [6, 6.07) is 0. The van der Waals surface area contributed by atoms with Crippen molar-refractivity contribution in [1.29, 1.82) is 0 Å². The standard InChI is InChI=1S/C2H4O2S.C2H4O2.CH3NO2.3H3N/c3-2(4)1-5;1-2(3)4;2-1(3)4;;;/h5H,1H2,(H,3,4);1H3,(H,3,4);2H2,(H,3,4);3*1H3. The van der Waals surface area contributed by atoms with E-state index in [1.165, 1.54) is 0 Å². The van der Waals surface area contributed by atoms with Crippen molar-refractivity contribution in [2.45, 2.75) is 6.92 Å². The summed E-state index contributed by atoms with van der Waals surface area (Å²) in [6.07, 6.45) is -1.33. The van der Waals surface area contributed by atoms with Crippen LogP contribution >= 0.6 is 12.6 Å². The minimum absolute atomic E-state index is 0. The van der Waals surface area contributed by atoms with Gasteiger partial charge in [0, 0.05) is 6.92 Å². The first-order chi connectivity index (χ1) is 5.73. The number of thiol groups is 1. The molecule has 0 heterocycles. The third kappa shape index (κ3) is 8410. The van der Waals surface area contributed by atoms with Gasteiger partial charge >= 0.3 is 12.1 Å². The van der Waals surface area contributed by atoms with Crippen LogP contribution in [0.1, 0.15) is 6.92 Å². The van der Waals surface area contributed by atoms with Gasteiger partial charge in [0.15, 0.2) is 0 Å². The van der Waals surface area contributed by atoms with E-state index in [1.54, 1.807) is 0 Å². The van der Waals surface area contributed by atoms with Gasteiger partial charge in [0.1, 0.15) is 0 Å². The zero-order chi connectivity index (χ0) is 11.4. The average molecular weight is 264 g/mol. The Balaban J connectivity index is -0.0000000216. The van der Waals surface area contributed by atoms with Gasteiger partial charge < -0.3 is 39.5 Å². The minimum Gasteiger partial charge on any atom is -0.481 e. The number of carboxylic acid groups (broad SMARTS) is 3. The predicted molar refractivity (Wildman–Crippen MR) is 62.1 cm³/mol. The van der Waals surface area contributed by atoms with Crippen LogP contribution < -0.4 is 24.2 Å². The quantitative estimate of drug-likeness (QED) is 0.301. The second kappa shape index (κ2) is 29.2. The van der Waals surface area contributed by atoms with Crippen LogP contribution in [0.2, 0.25) is 0 Å². The highest BCUT2D eigenvalue weighted by Crippen LogP contribution is 1.66. The van der Waals surface area contributed by atoms with Crippen LogP contribution in [-0.4, -0.2) is 39.1 Å². The number of hydrogen-bond donors (Lipinski definition) is 8. The summed E-state index contributed by atoms with van der Waals surface area (Å²) in [5.74, 6) is -1.80. The van der Waals surface area contributed by atoms with Crippen LogP contribution in [0.15, 0.2) is 0 Å². The third-order valence-electron chi connectivity index (χ3n) is 0.135. The van der Waals surface area contributed by atoms with Gasteiger partial charge in [-0.3, -0.25) is 9.59 Å². The summed E-state index contributed by atoms with van der Waals surface area (Å²) in [5, 5.41) is 22.3. The van der Waals surface area contributed by atoms with E-state index in [0.717, 1.165) is 6.92 Å². The maximum atomic E-state index is 9.29. The van der Waals surface area contributed by atoms with Crippen molar-refractivity contribution in [2.24, 2.45) is 5.73 Å². The highest BCUT2D eigenvalue weighted by atomic mass is 32.1. The van der Waals surface area contributed by atoms with Crippen molar-refractivity contribution < 1.29 is 29.7 Å². The molecular formula is C5H20N4O6S. The summed E-state index contributed by atoms with van der Waals surface area (Å²) in [7, 11) is 0. The summed E-state index contributed by atoms with van der Waals surface area (Å²) in [4.78, 5) is 27.1. The molecule has 0 saturated heterocycles. The fourth-order valence-electron chi connectivity index (χ4n) is 0. The summed E-state index contributed by atoms with van der Waals surface area (Å²) < 4.78 is 0. The number of nitrogens with two attached hydrogens (primary N) is 1. The molecule has 0 aromatic carbocycles. The molecule has 0 radical (unpaired) electrons. The maximum Gasteiger partial charge on any atom is 0.402 e. The van der Waals surface area contributed by atoms with Gasteiger partial charge in [-0.2, -0.15) is 12.6 Å². The second-order valence-corrected chi connectivity index (χ2v) is 1.73. The molecule has 0 spiro atoms. The Morgan fingerprint density at radius 2 is 1.12 bits per heavy atom. The van der Waals surface area contributed by atoms with Crippen LogP contribution in [0.4, 0.5) is 4.79 Å². The molecule has 0 saturated carbocycles. The largest absolute Gasteiger partial charge is 0.481 e. The monoisotopic (exact) mass is 264 g/mol. The molecule has 0 aromatic heterocycles. The molecule has 0 aliphatic carbocycles. The van der Waals surface area contributed by atoms with Crippen LogP contribution in [0.5, 0.6) is 0 Å². The molecule has 0 atom stereocenters. The fourth-order valence-corrected chi connectivity index (χ4v) is 0. The predicted octanol–water partition coefficient (Wildman–Crippen LogP) is 0.201. The van der Waals surface area contributed by atoms with E-state index in [4.69, 9.17) is 24.9 Å². The number of aliphatic carboxylic acids is 2. The molecule has 0 bridgehead atoms. The van der Waals surface area contributed by atoms with Crippen molar-refractivity contribution in [1.82, 2.24) is 18.5 Å². The molecule has 0 fully saturated rings. The van der Waals surface area contributed by atoms with E-state index >= 15 is 0 Å². The summed E-state index contributed by atoms with van der Waals surface area (Å²) in [6.45, 7) is 1.08. The molecular weight excluding hydrogens is 244 g/mol. The molecule has 102 valence electrons. The molecule has 0 aliphatic rings. The lowest BCUT2D eigenvalue weighted by molar-refractivity contribution is -0.135. The fraction of sp³-hybridized carbons (Fsp3) is 0.400. The van der Waals surface area contributed by atoms with Gasteiger partial charge in [-0.15, -0.1) is 0 Å². The Hall–Kier alpha value is -1.56. The Morgan fingerprint density at radius 1 is 1.06 bits per heavy atom. The van der Waals surface area contributed by atoms with Gasteiger partial charge in [-0.25, -0.2) is 4.79 Å². The lowest BCUT2D eigenvalue weighted by Crippen LogP contribution is -2.03. The molecule has 0 aliphatic heterocycles. The number of rotatable bonds is 1. The first-order valence-corrected chi connectivity index (χ1v) is 3.37. The van der Waals surface area contributed by atoms with Crippen molar-refractivity contribution in [3.63, 3.8) is 0 Å². The first kappa shape index (κ1) is 36.6. The van der Waals surface area contributed by atoms with E-state index in [9.17, 15) is 4.79 Å². The van der Waals surface area contributed by atoms with Crippen LogP contribution in [-0.2, 0) is 9.59 Å². The molecule has 1 amide bonds. The Kier molecular flexibility index (Phi) is 66.8. The molecule has 0 rings (SSSR count). The highest BCUT2D eigenvalue weighted by Gasteiger charge is 1.81. The van der Waals surface area contributed by atoms with Crippen molar-refractivity contribution >= 4 is 30.7 Å². The van der Waals surface area contributed by atoms with E-state index < -0.39 is 18.0 Å². The van der Waals surface area contributed by atoms with Gasteiger partial charge in [0.05, 0.1) is 5.75 Å². The molecule has 0 unspecified atom stereocenters. The van der Waals surface area contributed by atoms with Gasteiger partial charge in [0.25, 0.3) is 5.97 Å². The van der Waals surface area contributed by atoms with Crippen LogP contribution in [0.25, 0.3) is 0 Å². The molecule has 11 heteroatoms. The number of amides is 1. The zero-order valence-corrected chi connectivity index (χ0v) is 9.81. The van der Waals surface area contributed by atoms with E-state index in [2.05, 4.69) is 18.4 Å². The molecule has 0 aromatic rings. The Labute approximate surface area is 98.0 Å². The zero-order valence-electron chi connectivity index (χ0n) is 8.92. The van der Waals surface area contributed by atoms with Crippen molar-refractivity contribution in [3.8, 4) is 0 Å². The van der Waals surface area contributed by atoms with Crippen LogP contribution in [0.3, 0.4) is 0 Å². The maximum absolute atomic E-state index is 9.29. The van der Waals surface area contributed by atoms with E-state index in [0.29, 0.717) is 0 Å². The Bertz CT molecular complexity index is 158. The van der Waals surface area contributed by atoms with Gasteiger partial charge in [0.2, 0.25) is 0 Å². The first-order valence-electron chi connectivity index (χ1n) is 2.74. The molecule has 14 N–H and O–H groups in total. The van der Waals surface area contributed by atoms with E-state index in [-0.39, 0.29) is 24.2 Å². The number of hydrogen-bond acceptors (Lipinski definition) is 7. The Morgan fingerprint density at radius 3 is 1.12 bits per heavy atom. The van der Waals surface area contributed by atoms with Crippen LogP contribution in [0, 0.1) is 0 Å². The number of carboxylic acids is 2. The van der Waals surface area contributed by atoms with Crippen molar-refractivity contribution in [2.75, 3.05) is 5.75 Å². The molecule has 16 heavy (non-hydrogen) atoms. The van der Waals surface area contributed by atoms with E-state index in [1.807, 2.05) is 0 Å². The number of primary amides is 1. The van der Waals surface area contributed by atoms with Gasteiger partial charge in [-0.1, -0.05) is 0 Å². The average Bonchev–Trinajstić information content (AvgIpc) is 1.84. The molecule has 10 nitrogen and oxygen atoms in total. The summed E-state index contributed by atoms with van der Waals surface area (Å²) >= 11 is 3.42. The minimum atomic E-state index is -1.33. The smallest absolute Gasteiger partial charge is 0.402 e. The second-order valence-electron chi connectivity index (χ2n) is 1.41. The van der Waals surface area contributed by atoms with Gasteiger partial charge in [-0.05, 0) is 0 Å². The normalized spacial score (nSPS) is 5.38. The summed E-state index contributed by atoms with van der Waals surface area (Å²) in [5.41, 5.74) is 4.03.